The fourth-order valence-electron chi connectivity index (χ4n) is 5.49. The molecule has 14 heteroatoms. The second-order valence-corrected chi connectivity index (χ2v) is 14.7. The van der Waals surface area contributed by atoms with Crippen LogP contribution in [0.25, 0.3) is 10.9 Å². The first-order chi connectivity index (χ1) is 22.3. The Morgan fingerprint density at radius 2 is 1.74 bits per heavy atom. The van der Waals surface area contributed by atoms with E-state index >= 15 is 0 Å². The molecule has 0 spiro atoms. The molecule has 0 bridgehead atoms. The van der Waals surface area contributed by atoms with E-state index < -0.39 is 27.8 Å². The standard InChI is InChI=1S/C33H37Cl2N5O6S/c1-33(2,3)46-32(42)39-17-6-5-13-25(39)31(41)36-19-21-10-7-11-22(18-21)20-40-24-14-9-15-26(45-4)28(24)30(37-40)38-47(43,44)27-16-8-12-23(34)29(27)35/h7-12,14-16,18,25H,5-6,13,17,19-20H2,1-4H3,(H,36,41)(H,37,38)/t25-/m0/s1. The van der Waals surface area contributed by atoms with Crippen LogP contribution in [0.2, 0.25) is 10.0 Å². The topological polar surface area (TPSA) is 132 Å². The summed E-state index contributed by atoms with van der Waals surface area (Å²) in [6, 6.07) is 16.7. The van der Waals surface area contributed by atoms with Crippen LogP contribution in [-0.2, 0) is 32.6 Å². The van der Waals surface area contributed by atoms with Gasteiger partial charge in [-0.3, -0.25) is 19.1 Å². The second-order valence-electron chi connectivity index (χ2n) is 12.2. The summed E-state index contributed by atoms with van der Waals surface area (Å²) in [6.45, 7) is 6.42. The van der Waals surface area contributed by atoms with Crippen molar-refractivity contribution in [2.45, 2.75) is 69.7 Å². The highest BCUT2D eigenvalue weighted by Crippen LogP contribution is 2.35. The Morgan fingerprint density at radius 3 is 2.49 bits per heavy atom. The van der Waals surface area contributed by atoms with Crippen LogP contribution in [0.15, 0.2) is 65.6 Å². The lowest BCUT2D eigenvalue weighted by atomic mass is 10.0. The van der Waals surface area contributed by atoms with E-state index in [-0.39, 0.29) is 33.2 Å². The quantitative estimate of drug-likeness (QED) is 0.201. The minimum absolute atomic E-state index is 0.0685. The summed E-state index contributed by atoms with van der Waals surface area (Å²) >= 11 is 12.3. The van der Waals surface area contributed by atoms with Gasteiger partial charge in [-0.1, -0.05) is 59.6 Å². The summed E-state index contributed by atoms with van der Waals surface area (Å²) in [4.78, 5) is 27.4. The largest absolute Gasteiger partial charge is 0.496 e. The van der Waals surface area contributed by atoms with Crippen LogP contribution in [-0.4, -0.2) is 60.4 Å². The van der Waals surface area contributed by atoms with E-state index in [1.807, 2.05) is 30.3 Å². The maximum absolute atomic E-state index is 13.4. The second kappa shape index (κ2) is 14.0. The van der Waals surface area contributed by atoms with E-state index in [9.17, 15) is 18.0 Å². The summed E-state index contributed by atoms with van der Waals surface area (Å²) < 4.78 is 42.1. The number of fused-ring (bicyclic) bond motifs is 1. The van der Waals surface area contributed by atoms with Gasteiger partial charge in [0.15, 0.2) is 5.82 Å². The fraction of sp³-hybridized carbons (Fsp3) is 0.364. The van der Waals surface area contributed by atoms with Crippen molar-refractivity contribution in [2.75, 3.05) is 18.4 Å². The molecule has 5 rings (SSSR count). The Labute approximate surface area is 284 Å². The van der Waals surface area contributed by atoms with Crippen LogP contribution in [0.3, 0.4) is 0 Å². The molecule has 1 aliphatic heterocycles. The molecule has 1 aromatic heterocycles. The number of hydrogen-bond acceptors (Lipinski definition) is 7. The predicted molar refractivity (Wildman–Crippen MR) is 182 cm³/mol. The van der Waals surface area contributed by atoms with E-state index in [4.69, 9.17) is 32.7 Å². The van der Waals surface area contributed by atoms with Gasteiger partial charge in [-0.25, -0.2) is 13.2 Å². The van der Waals surface area contributed by atoms with Gasteiger partial charge in [-0.2, -0.15) is 5.10 Å². The molecule has 0 unspecified atom stereocenters. The van der Waals surface area contributed by atoms with Gasteiger partial charge < -0.3 is 14.8 Å². The first-order valence-electron chi connectivity index (χ1n) is 15.1. The van der Waals surface area contributed by atoms with Crippen molar-refractivity contribution in [3.8, 4) is 5.75 Å². The van der Waals surface area contributed by atoms with Crippen molar-refractivity contribution in [3.05, 3.63) is 81.8 Å². The molecule has 250 valence electrons. The Morgan fingerprint density at radius 1 is 1.02 bits per heavy atom. The molecule has 1 atom stereocenters. The zero-order valence-electron chi connectivity index (χ0n) is 26.5. The molecule has 0 saturated carbocycles. The smallest absolute Gasteiger partial charge is 0.410 e. The SMILES string of the molecule is COc1cccc2c1c(NS(=O)(=O)c1cccc(Cl)c1Cl)nn2Cc1cccc(CNC(=O)[C@@H]2CCCCN2C(=O)OC(C)(C)C)c1. The molecular formula is C33H37Cl2N5O6S. The van der Waals surface area contributed by atoms with Crippen molar-refractivity contribution in [1.29, 1.82) is 0 Å². The number of rotatable bonds is 9. The fourth-order valence-corrected chi connectivity index (χ4v) is 7.27. The molecule has 2 N–H and O–H groups in total. The molecule has 1 aliphatic rings. The number of likely N-dealkylation sites (tertiary alicyclic amines) is 1. The van der Waals surface area contributed by atoms with Crippen molar-refractivity contribution >= 4 is 61.9 Å². The third-order valence-electron chi connectivity index (χ3n) is 7.62. The zero-order valence-corrected chi connectivity index (χ0v) is 28.9. The number of nitrogens with zero attached hydrogens (tertiary/aromatic N) is 3. The number of anilines is 1. The van der Waals surface area contributed by atoms with Crippen molar-refractivity contribution in [3.63, 3.8) is 0 Å². The highest BCUT2D eigenvalue weighted by molar-refractivity contribution is 7.92. The minimum atomic E-state index is -4.16. The number of aromatic nitrogens is 2. The summed E-state index contributed by atoms with van der Waals surface area (Å²) in [6.07, 6.45) is 1.74. The van der Waals surface area contributed by atoms with Crippen molar-refractivity contribution < 1.29 is 27.5 Å². The van der Waals surface area contributed by atoms with Crippen LogP contribution >= 0.6 is 23.2 Å². The van der Waals surface area contributed by atoms with Gasteiger partial charge in [-0.15, -0.1) is 0 Å². The molecule has 1 saturated heterocycles. The molecular weight excluding hydrogens is 665 g/mol. The molecule has 1 fully saturated rings. The van der Waals surface area contributed by atoms with E-state index in [0.717, 1.165) is 24.0 Å². The van der Waals surface area contributed by atoms with E-state index in [2.05, 4.69) is 15.1 Å². The van der Waals surface area contributed by atoms with Gasteiger partial charge in [0.2, 0.25) is 5.91 Å². The molecule has 4 aromatic rings. The summed E-state index contributed by atoms with van der Waals surface area (Å²) in [5.41, 5.74) is 1.69. The number of piperidine rings is 1. The Bertz CT molecular complexity index is 1910. The first kappa shape index (κ1) is 34.3. The third kappa shape index (κ3) is 7.94. The van der Waals surface area contributed by atoms with E-state index in [1.165, 1.54) is 30.2 Å². The number of sulfonamides is 1. The highest BCUT2D eigenvalue weighted by atomic mass is 35.5. The molecule has 0 radical (unpaired) electrons. The number of ether oxygens (including phenoxy) is 2. The van der Waals surface area contributed by atoms with Crippen LogP contribution in [0.4, 0.5) is 10.6 Å². The number of nitrogens with one attached hydrogen (secondary N) is 2. The Hall–Kier alpha value is -4.00. The number of methoxy groups -OCH3 is 1. The minimum Gasteiger partial charge on any atom is -0.496 e. The van der Waals surface area contributed by atoms with Crippen LogP contribution in [0.1, 0.15) is 51.2 Å². The Kier molecular flexibility index (Phi) is 10.2. The van der Waals surface area contributed by atoms with Crippen LogP contribution in [0.5, 0.6) is 5.75 Å². The number of benzene rings is 3. The van der Waals surface area contributed by atoms with Crippen LogP contribution < -0.4 is 14.8 Å². The van der Waals surface area contributed by atoms with E-state index in [0.29, 0.717) is 36.2 Å². The molecule has 3 aromatic carbocycles. The Balaban J connectivity index is 1.35. The zero-order chi connectivity index (χ0) is 33.9. The lowest BCUT2D eigenvalue weighted by Gasteiger charge is -2.35. The number of halogens is 2. The summed E-state index contributed by atoms with van der Waals surface area (Å²) in [7, 11) is -2.67. The molecule has 2 amide bonds. The van der Waals surface area contributed by atoms with Gasteiger partial charge in [0.1, 0.15) is 22.3 Å². The van der Waals surface area contributed by atoms with Crippen LogP contribution in [0, 0.1) is 0 Å². The maximum atomic E-state index is 13.4. The van der Waals surface area contributed by atoms with Gasteiger partial charge >= 0.3 is 6.09 Å². The van der Waals surface area contributed by atoms with Gasteiger partial charge in [0.05, 0.1) is 34.6 Å². The third-order valence-corrected chi connectivity index (χ3v) is 9.93. The number of hydrogen-bond donors (Lipinski definition) is 2. The van der Waals surface area contributed by atoms with Gasteiger partial charge in [0, 0.05) is 13.1 Å². The summed E-state index contributed by atoms with van der Waals surface area (Å²) in [5.74, 6) is 0.269. The lowest BCUT2D eigenvalue weighted by molar-refractivity contribution is -0.127. The lowest BCUT2D eigenvalue weighted by Crippen LogP contribution is -2.52. The molecule has 2 heterocycles. The molecule has 0 aliphatic carbocycles. The summed E-state index contributed by atoms with van der Waals surface area (Å²) in [5, 5.41) is 8.09. The van der Waals surface area contributed by atoms with Crippen molar-refractivity contribution in [2.24, 2.45) is 0 Å². The average Bonchev–Trinajstić information content (AvgIpc) is 3.36. The van der Waals surface area contributed by atoms with Gasteiger partial charge in [0.25, 0.3) is 10.0 Å². The number of carbonyl (C=O) groups is 2. The molecule has 11 nitrogen and oxygen atoms in total. The average molecular weight is 703 g/mol. The van der Waals surface area contributed by atoms with E-state index in [1.54, 1.807) is 37.6 Å². The normalized spacial score (nSPS) is 15.4. The highest BCUT2D eigenvalue weighted by Gasteiger charge is 2.34. The number of amides is 2. The van der Waals surface area contributed by atoms with Crippen molar-refractivity contribution in [1.82, 2.24) is 20.0 Å². The monoisotopic (exact) mass is 701 g/mol. The number of carbonyl (C=O) groups excluding carboxylic acids is 2. The maximum Gasteiger partial charge on any atom is 0.410 e. The molecule has 47 heavy (non-hydrogen) atoms. The van der Waals surface area contributed by atoms with Gasteiger partial charge in [-0.05, 0) is 75.4 Å². The first-order valence-corrected chi connectivity index (χ1v) is 17.4. The predicted octanol–water partition coefficient (Wildman–Crippen LogP) is 6.61.